The molecule has 1 nitrogen and oxygen atoms in total. The number of rotatable bonds is 0. The molecule has 0 aliphatic carbocycles. The van der Waals surface area contributed by atoms with Crippen LogP contribution in [0.5, 0.6) is 0 Å². The van der Waals surface area contributed by atoms with Crippen molar-refractivity contribution >= 4 is 27.9 Å². The second-order valence-corrected chi connectivity index (χ2v) is 5.38. The van der Waals surface area contributed by atoms with Gasteiger partial charge in [0.15, 0.2) is 0 Å². The standard InChI is InChI=1S/C8H13NS2/c1-6-5-8(2,3)9-7(10-4)11-6/h5H,1-4H3. The Balaban J connectivity index is 2.84. The first kappa shape index (κ1) is 9.20. The van der Waals surface area contributed by atoms with Gasteiger partial charge in [0.1, 0.15) is 4.38 Å². The summed E-state index contributed by atoms with van der Waals surface area (Å²) in [7, 11) is 0. The van der Waals surface area contributed by atoms with Crippen LogP contribution in [0.3, 0.4) is 0 Å². The summed E-state index contributed by atoms with van der Waals surface area (Å²) >= 11 is 3.49. The molecule has 0 spiro atoms. The summed E-state index contributed by atoms with van der Waals surface area (Å²) in [6, 6.07) is 0. The van der Waals surface area contributed by atoms with Crippen molar-refractivity contribution in [2.75, 3.05) is 6.26 Å². The van der Waals surface area contributed by atoms with E-state index >= 15 is 0 Å². The number of thioether (sulfide) groups is 2. The monoisotopic (exact) mass is 187 g/mol. The van der Waals surface area contributed by atoms with Gasteiger partial charge in [-0.25, -0.2) is 0 Å². The molecule has 1 heterocycles. The van der Waals surface area contributed by atoms with Crippen LogP contribution in [-0.4, -0.2) is 16.2 Å². The molecule has 0 aromatic heterocycles. The van der Waals surface area contributed by atoms with Crippen molar-refractivity contribution in [3.8, 4) is 0 Å². The van der Waals surface area contributed by atoms with E-state index in [0.717, 1.165) is 0 Å². The van der Waals surface area contributed by atoms with Gasteiger partial charge in [-0.2, -0.15) is 0 Å². The van der Waals surface area contributed by atoms with Crippen LogP contribution in [0.15, 0.2) is 16.0 Å². The van der Waals surface area contributed by atoms with E-state index in [1.807, 2.05) is 0 Å². The van der Waals surface area contributed by atoms with Crippen molar-refractivity contribution in [3.05, 3.63) is 11.0 Å². The summed E-state index contributed by atoms with van der Waals surface area (Å²) in [5.41, 5.74) is 0.00762. The van der Waals surface area contributed by atoms with Gasteiger partial charge >= 0.3 is 0 Å². The second-order valence-electron chi connectivity index (χ2n) is 3.09. The Morgan fingerprint density at radius 1 is 1.55 bits per heavy atom. The molecule has 0 N–H and O–H groups in total. The van der Waals surface area contributed by atoms with E-state index in [9.17, 15) is 0 Å². The Morgan fingerprint density at radius 3 is 2.64 bits per heavy atom. The Hall–Kier alpha value is 0.110. The molecular weight excluding hydrogens is 174 g/mol. The average Bonchev–Trinajstić information content (AvgIpc) is 1.83. The van der Waals surface area contributed by atoms with Crippen LogP contribution < -0.4 is 0 Å². The molecule has 1 aliphatic rings. The van der Waals surface area contributed by atoms with Crippen molar-refractivity contribution in [3.63, 3.8) is 0 Å². The Labute approximate surface area is 76.7 Å². The van der Waals surface area contributed by atoms with Crippen LogP contribution in [0.1, 0.15) is 20.8 Å². The molecule has 0 aromatic rings. The maximum atomic E-state index is 4.55. The predicted molar refractivity (Wildman–Crippen MR) is 56.4 cm³/mol. The van der Waals surface area contributed by atoms with Crippen LogP contribution in [0.25, 0.3) is 0 Å². The molecule has 0 unspecified atom stereocenters. The average molecular weight is 187 g/mol. The van der Waals surface area contributed by atoms with Gasteiger partial charge in [-0.15, -0.1) is 11.8 Å². The lowest BCUT2D eigenvalue weighted by molar-refractivity contribution is 0.658. The maximum absolute atomic E-state index is 4.55. The van der Waals surface area contributed by atoms with Crippen LogP contribution >= 0.6 is 23.5 Å². The van der Waals surface area contributed by atoms with Gasteiger partial charge in [0.2, 0.25) is 0 Å². The smallest absolute Gasteiger partial charge is 0.129 e. The predicted octanol–water partition coefficient (Wildman–Crippen LogP) is 3.13. The fraction of sp³-hybridized carbons (Fsp3) is 0.625. The van der Waals surface area contributed by atoms with Crippen LogP contribution in [-0.2, 0) is 0 Å². The van der Waals surface area contributed by atoms with Gasteiger partial charge in [0.25, 0.3) is 0 Å². The van der Waals surface area contributed by atoms with Crippen molar-refractivity contribution < 1.29 is 0 Å². The molecule has 62 valence electrons. The van der Waals surface area contributed by atoms with Gasteiger partial charge < -0.3 is 0 Å². The summed E-state index contributed by atoms with van der Waals surface area (Å²) < 4.78 is 1.18. The molecule has 0 fully saturated rings. The van der Waals surface area contributed by atoms with Gasteiger partial charge in [-0.3, -0.25) is 4.99 Å². The topological polar surface area (TPSA) is 12.4 Å². The van der Waals surface area contributed by atoms with E-state index in [2.05, 4.69) is 38.1 Å². The third kappa shape index (κ3) is 2.56. The van der Waals surface area contributed by atoms with Crippen molar-refractivity contribution in [1.29, 1.82) is 0 Å². The normalized spacial score (nSPS) is 22.5. The van der Waals surface area contributed by atoms with E-state index < -0.39 is 0 Å². The van der Waals surface area contributed by atoms with Crippen LogP contribution in [0, 0.1) is 0 Å². The Kier molecular flexibility index (Phi) is 2.70. The van der Waals surface area contributed by atoms with Crippen molar-refractivity contribution in [1.82, 2.24) is 0 Å². The van der Waals surface area contributed by atoms with Gasteiger partial charge in [0.05, 0.1) is 5.54 Å². The summed E-state index contributed by atoms with van der Waals surface area (Å²) in [5.74, 6) is 0. The highest BCUT2D eigenvalue weighted by Gasteiger charge is 2.19. The van der Waals surface area contributed by atoms with E-state index in [1.54, 1.807) is 23.5 Å². The fourth-order valence-corrected chi connectivity index (χ4v) is 3.00. The SMILES string of the molecule is CSC1=NC(C)(C)C=C(C)S1. The molecule has 1 aliphatic heterocycles. The lowest BCUT2D eigenvalue weighted by atomic mass is 10.1. The first-order valence-corrected chi connectivity index (χ1v) is 5.59. The molecule has 3 heteroatoms. The molecule has 0 amide bonds. The van der Waals surface area contributed by atoms with Gasteiger partial charge in [-0.1, -0.05) is 11.8 Å². The quantitative estimate of drug-likeness (QED) is 0.577. The molecule has 0 radical (unpaired) electrons. The summed E-state index contributed by atoms with van der Waals surface area (Å²) in [6.45, 7) is 6.40. The molecule has 0 saturated heterocycles. The minimum atomic E-state index is 0.00762. The molecular formula is C8H13NS2. The Morgan fingerprint density at radius 2 is 2.18 bits per heavy atom. The zero-order chi connectivity index (χ0) is 8.48. The van der Waals surface area contributed by atoms with Crippen LogP contribution in [0.4, 0.5) is 0 Å². The number of nitrogens with zero attached hydrogens (tertiary/aromatic N) is 1. The zero-order valence-corrected chi connectivity index (χ0v) is 8.97. The molecule has 0 bridgehead atoms. The molecule has 0 aromatic carbocycles. The fourth-order valence-electron chi connectivity index (χ4n) is 1.04. The minimum Gasteiger partial charge on any atom is -0.261 e. The van der Waals surface area contributed by atoms with E-state index in [0.29, 0.717) is 0 Å². The highest BCUT2D eigenvalue weighted by atomic mass is 32.2. The van der Waals surface area contributed by atoms with E-state index in [-0.39, 0.29) is 5.54 Å². The number of hydrogen-bond donors (Lipinski definition) is 0. The molecule has 11 heavy (non-hydrogen) atoms. The van der Waals surface area contributed by atoms with E-state index in [4.69, 9.17) is 0 Å². The molecule has 0 saturated carbocycles. The van der Waals surface area contributed by atoms with E-state index in [1.165, 1.54) is 9.28 Å². The second kappa shape index (κ2) is 3.23. The minimum absolute atomic E-state index is 0.00762. The van der Waals surface area contributed by atoms with Gasteiger partial charge in [0, 0.05) is 0 Å². The third-order valence-corrected chi connectivity index (χ3v) is 3.26. The third-order valence-electron chi connectivity index (χ3n) is 1.36. The van der Waals surface area contributed by atoms with Crippen molar-refractivity contribution in [2.24, 2.45) is 4.99 Å². The molecule has 0 atom stereocenters. The highest BCUT2D eigenvalue weighted by molar-refractivity contribution is 8.40. The number of aliphatic imine (C=N–C) groups is 1. The summed E-state index contributed by atoms with van der Waals surface area (Å²) in [6.07, 6.45) is 4.28. The number of allylic oxidation sites excluding steroid dienone is 1. The summed E-state index contributed by atoms with van der Waals surface area (Å²) in [4.78, 5) is 5.91. The molecule has 1 rings (SSSR count). The largest absolute Gasteiger partial charge is 0.261 e. The van der Waals surface area contributed by atoms with Gasteiger partial charge in [-0.05, 0) is 38.0 Å². The Bertz CT molecular complexity index is 216. The summed E-state index contributed by atoms with van der Waals surface area (Å²) in [5, 5.41) is 0. The number of hydrogen-bond acceptors (Lipinski definition) is 3. The highest BCUT2D eigenvalue weighted by Crippen LogP contribution is 2.32. The lowest BCUT2D eigenvalue weighted by Crippen LogP contribution is -2.17. The van der Waals surface area contributed by atoms with Crippen LogP contribution in [0.2, 0.25) is 0 Å². The first-order chi connectivity index (χ1) is 5.03. The zero-order valence-electron chi connectivity index (χ0n) is 7.34. The van der Waals surface area contributed by atoms with Crippen molar-refractivity contribution in [2.45, 2.75) is 26.3 Å². The lowest BCUT2D eigenvalue weighted by Gasteiger charge is -2.22. The maximum Gasteiger partial charge on any atom is 0.129 e. The first-order valence-electron chi connectivity index (χ1n) is 3.55.